The highest BCUT2D eigenvalue weighted by Crippen LogP contribution is 2.03. The van der Waals surface area contributed by atoms with Crippen LogP contribution in [0, 0.1) is 6.92 Å². The Bertz CT molecular complexity index is 279. The Morgan fingerprint density at radius 3 is 2.27 bits per heavy atom. The molecule has 0 aliphatic rings. The van der Waals surface area contributed by atoms with Gasteiger partial charge in [-0.05, 0) is 12.5 Å². The molecule has 84 valence electrons. The summed E-state index contributed by atoms with van der Waals surface area (Å²) < 4.78 is 0. The van der Waals surface area contributed by atoms with Crippen molar-refractivity contribution in [3.8, 4) is 0 Å². The minimum Gasteiger partial charge on any atom is -0.322 e. The maximum Gasteiger partial charge on any atom is 0.125 e. The summed E-state index contributed by atoms with van der Waals surface area (Å²) in [6.45, 7) is 6.66. The second-order valence-corrected chi connectivity index (χ2v) is 2.92. The van der Waals surface area contributed by atoms with Crippen LogP contribution in [0.4, 0.5) is 0 Å². The van der Waals surface area contributed by atoms with Crippen LogP contribution in [0.15, 0.2) is 29.4 Å². The third-order valence-electron chi connectivity index (χ3n) is 1.70. The average Bonchev–Trinajstić information content (AvgIpc) is 2.25. The second kappa shape index (κ2) is 7.82. The summed E-state index contributed by atoms with van der Waals surface area (Å²) in [6.07, 6.45) is 1.39. The van der Waals surface area contributed by atoms with Crippen LogP contribution in [0.2, 0.25) is 0 Å². The molecule has 4 nitrogen and oxygen atoms in total. The lowest BCUT2D eigenvalue weighted by Gasteiger charge is -2.11. The fourth-order valence-corrected chi connectivity index (χ4v) is 1.03. The highest BCUT2D eigenvalue weighted by molar-refractivity contribution is 5.53. The summed E-state index contributed by atoms with van der Waals surface area (Å²) in [6, 6.07) is 8.14. The van der Waals surface area contributed by atoms with E-state index in [-0.39, 0.29) is 0 Å². The van der Waals surface area contributed by atoms with E-state index >= 15 is 0 Å². The molecule has 0 heterocycles. The largest absolute Gasteiger partial charge is 0.322 e. The molecule has 0 aromatic heterocycles. The molecule has 1 aromatic carbocycles. The number of hydrazone groups is 1. The molecule has 0 spiro atoms. The van der Waals surface area contributed by atoms with Crippen LogP contribution in [0.1, 0.15) is 25.0 Å². The summed E-state index contributed by atoms with van der Waals surface area (Å²) in [4.78, 5) is 0. The van der Waals surface area contributed by atoms with Crippen molar-refractivity contribution in [1.29, 1.82) is 0 Å². The van der Waals surface area contributed by atoms with E-state index in [0.717, 1.165) is 5.56 Å². The molecule has 0 saturated carbocycles. The third kappa shape index (κ3) is 5.70. The number of hydrogen-bond donors (Lipinski definition) is 2. The number of aryl methyl sites for hydroxylation is 1. The molecule has 4 heteroatoms. The average molecular weight is 208 g/mol. The van der Waals surface area contributed by atoms with E-state index in [1.165, 1.54) is 16.9 Å². The van der Waals surface area contributed by atoms with Crippen LogP contribution in [-0.2, 0) is 6.54 Å². The Balaban J connectivity index is 0.000000921. The van der Waals surface area contributed by atoms with Gasteiger partial charge in [-0.15, -0.1) is 0 Å². The molecule has 0 radical (unpaired) electrons. The predicted octanol–water partition coefficient (Wildman–Crippen LogP) is 1.60. The number of nitrogens with zero attached hydrogens (tertiary/aromatic N) is 2. The van der Waals surface area contributed by atoms with E-state index in [1.54, 1.807) is 0 Å². The summed E-state index contributed by atoms with van der Waals surface area (Å²) in [5.41, 5.74) is 2.37. The number of benzene rings is 1. The summed E-state index contributed by atoms with van der Waals surface area (Å²) >= 11 is 0. The Kier molecular flexibility index (Phi) is 7.01. The van der Waals surface area contributed by atoms with E-state index < -0.39 is 0 Å². The lowest BCUT2D eigenvalue weighted by atomic mass is 10.1. The molecular weight excluding hydrogens is 188 g/mol. The van der Waals surface area contributed by atoms with Crippen molar-refractivity contribution in [2.45, 2.75) is 27.3 Å². The zero-order chi connectivity index (χ0) is 11.7. The van der Waals surface area contributed by atoms with Gasteiger partial charge in [-0.3, -0.25) is 5.01 Å². The molecule has 1 rings (SSSR count). The van der Waals surface area contributed by atoms with E-state index in [9.17, 15) is 0 Å². The number of nitrogens with two attached hydrogens (primary N) is 2. The van der Waals surface area contributed by atoms with Gasteiger partial charge in [0.1, 0.15) is 6.34 Å². The number of rotatable bonds is 3. The van der Waals surface area contributed by atoms with Crippen LogP contribution >= 0.6 is 0 Å². The lowest BCUT2D eigenvalue weighted by Crippen LogP contribution is -2.29. The van der Waals surface area contributed by atoms with Gasteiger partial charge >= 0.3 is 0 Å². The molecule has 0 unspecified atom stereocenters. The predicted molar refractivity (Wildman–Crippen MR) is 64.9 cm³/mol. The van der Waals surface area contributed by atoms with Crippen molar-refractivity contribution in [2.75, 3.05) is 0 Å². The van der Waals surface area contributed by atoms with Crippen molar-refractivity contribution in [2.24, 2.45) is 16.8 Å². The van der Waals surface area contributed by atoms with Crippen molar-refractivity contribution in [3.05, 3.63) is 35.4 Å². The van der Waals surface area contributed by atoms with Gasteiger partial charge in [-0.2, -0.15) is 5.10 Å². The number of hydrogen-bond acceptors (Lipinski definition) is 3. The fourth-order valence-electron chi connectivity index (χ4n) is 1.03. The van der Waals surface area contributed by atoms with Crippen molar-refractivity contribution in [1.82, 2.24) is 5.01 Å². The van der Waals surface area contributed by atoms with Gasteiger partial charge in [-0.25, -0.2) is 5.84 Å². The quantitative estimate of drug-likeness (QED) is 0.343. The van der Waals surface area contributed by atoms with Crippen LogP contribution in [0.5, 0.6) is 0 Å². The van der Waals surface area contributed by atoms with Gasteiger partial charge in [-0.1, -0.05) is 43.7 Å². The summed E-state index contributed by atoms with van der Waals surface area (Å²) in [7, 11) is 0. The molecule has 0 amide bonds. The fraction of sp³-hybridized carbons (Fsp3) is 0.364. The van der Waals surface area contributed by atoms with Gasteiger partial charge in [0.25, 0.3) is 0 Å². The molecule has 0 aliphatic carbocycles. The molecule has 1 aromatic rings. The van der Waals surface area contributed by atoms with Gasteiger partial charge < -0.3 is 5.84 Å². The maximum absolute atomic E-state index is 5.56. The normalized spacial score (nSPS) is 9.60. The first-order chi connectivity index (χ1) is 7.22. The van der Waals surface area contributed by atoms with E-state index in [4.69, 9.17) is 11.7 Å². The minimum absolute atomic E-state index is 0.612. The highest BCUT2D eigenvalue weighted by atomic mass is 15.4. The molecule has 0 aliphatic heterocycles. The van der Waals surface area contributed by atoms with E-state index in [1.807, 2.05) is 45.0 Å². The lowest BCUT2D eigenvalue weighted by molar-refractivity contribution is 0.446. The zero-order valence-electron chi connectivity index (χ0n) is 9.64. The van der Waals surface area contributed by atoms with Gasteiger partial charge in [0, 0.05) is 0 Å². The van der Waals surface area contributed by atoms with E-state index in [2.05, 4.69) is 5.10 Å². The first kappa shape index (κ1) is 13.4. The molecule has 4 N–H and O–H groups in total. The van der Waals surface area contributed by atoms with E-state index in [0.29, 0.717) is 6.54 Å². The minimum atomic E-state index is 0.612. The van der Waals surface area contributed by atoms with Crippen LogP contribution in [0.25, 0.3) is 0 Å². The Morgan fingerprint density at radius 1 is 1.27 bits per heavy atom. The van der Waals surface area contributed by atoms with Gasteiger partial charge in [0.2, 0.25) is 0 Å². The van der Waals surface area contributed by atoms with Crippen molar-refractivity contribution < 1.29 is 0 Å². The molecule has 0 fully saturated rings. The molecule has 0 atom stereocenters. The first-order valence-electron chi connectivity index (χ1n) is 5.02. The second-order valence-electron chi connectivity index (χ2n) is 2.92. The molecular formula is C11H20N4. The standard InChI is InChI=1S/C9H14N4.C2H6/c1-8-2-4-9(5-3-8)6-13(11)7-12-10;1-2/h2-5,7H,6,10-11H2,1H3;1-2H3/b12-7-;. The zero-order valence-corrected chi connectivity index (χ0v) is 9.64. The SMILES string of the molecule is CC.Cc1ccc(CN(N)/C=N\N)cc1. The van der Waals surface area contributed by atoms with Crippen molar-refractivity contribution >= 4 is 6.34 Å². The smallest absolute Gasteiger partial charge is 0.125 e. The monoisotopic (exact) mass is 208 g/mol. The highest BCUT2D eigenvalue weighted by Gasteiger charge is 1.95. The van der Waals surface area contributed by atoms with Crippen LogP contribution in [0.3, 0.4) is 0 Å². The molecule has 0 saturated heterocycles. The topological polar surface area (TPSA) is 67.6 Å². The van der Waals surface area contributed by atoms with Crippen LogP contribution in [-0.4, -0.2) is 11.3 Å². The summed E-state index contributed by atoms with van der Waals surface area (Å²) in [5, 5.41) is 4.76. The number of hydrazine groups is 1. The summed E-state index contributed by atoms with van der Waals surface area (Å²) in [5.74, 6) is 10.5. The Hall–Kier alpha value is -1.55. The maximum atomic E-state index is 5.56. The Labute approximate surface area is 91.5 Å². The Morgan fingerprint density at radius 2 is 1.80 bits per heavy atom. The molecule has 15 heavy (non-hydrogen) atoms. The van der Waals surface area contributed by atoms with Gasteiger partial charge in [0.15, 0.2) is 0 Å². The van der Waals surface area contributed by atoms with Crippen LogP contribution < -0.4 is 11.7 Å². The van der Waals surface area contributed by atoms with Crippen molar-refractivity contribution in [3.63, 3.8) is 0 Å². The third-order valence-corrected chi connectivity index (χ3v) is 1.70. The first-order valence-corrected chi connectivity index (χ1v) is 5.02. The molecule has 0 bridgehead atoms. The van der Waals surface area contributed by atoms with Gasteiger partial charge in [0.05, 0.1) is 6.54 Å².